The first-order chi connectivity index (χ1) is 15.4. The van der Waals surface area contributed by atoms with Crippen molar-refractivity contribution < 1.29 is 9.47 Å². The van der Waals surface area contributed by atoms with Crippen LogP contribution in [0.3, 0.4) is 0 Å². The van der Waals surface area contributed by atoms with Crippen molar-refractivity contribution in [1.29, 1.82) is 0 Å². The number of methoxy groups -OCH3 is 2. The molecule has 0 bridgehead atoms. The number of ether oxygens (including phenoxy) is 2. The summed E-state index contributed by atoms with van der Waals surface area (Å²) in [5.74, 6) is 3.63. The van der Waals surface area contributed by atoms with E-state index in [2.05, 4.69) is 0 Å². The van der Waals surface area contributed by atoms with Crippen LogP contribution in [0.15, 0.2) is 0 Å². The van der Waals surface area contributed by atoms with Gasteiger partial charge in [-0.15, -0.1) is 23.2 Å². The molecule has 2 nitrogen and oxygen atoms in total. The molecule has 5 fully saturated rings. The van der Waals surface area contributed by atoms with Crippen LogP contribution in [0.1, 0.15) is 109 Å². The second-order valence-electron chi connectivity index (χ2n) is 12.5. The lowest BCUT2D eigenvalue weighted by atomic mass is 9.42. The molecular weight excluding hydrogens is 439 g/mol. The summed E-state index contributed by atoms with van der Waals surface area (Å²) in [4.78, 5) is 0. The Hall–Kier alpha value is 0.500. The Kier molecular flexibility index (Phi) is 7.20. The summed E-state index contributed by atoms with van der Waals surface area (Å²) in [6.45, 7) is 0. The van der Waals surface area contributed by atoms with Crippen LogP contribution in [-0.4, -0.2) is 30.8 Å². The second-order valence-corrected chi connectivity index (χ2v) is 13.9. The van der Waals surface area contributed by atoms with E-state index in [0.29, 0.717) is 12.2 Å². The molecule has 5 rings (SSSR count). The monoisotopic (exact) mass is 484 g/mol. The van der Waals surface area contributed by atoms with Crippen molar-refractivity contribution in [3.63, 3.8) is 0 Å². The van der Waals surface area contributed by atoms with Crippen molar-refractivity contribution in [3.8, 4) is 0 Å². The Morgan fingerprint density at radius 3 is 1.09 bits per heavy atom. The zero-order valence-corrected chi connectivity index (χ0v) is 22.1. The molecule has 0 aromatic heterocycles. The molecule has 2 spiro atoms. The highest BCUT2D eigenvalue weighted by Gasteiger charge is 2.72. The van der Waals surface area contributed by atoms with Crippen LogP contribution in [0.5, 0.6) is 0 Å². The fourth-order valence-electron chi connectivity index (χ4n) is 9.23. The van der Waals surface area contributed by atoms with Crippen molar-refractivity contribution in [2.24, 2.45) is 34.5 Å². The van der Waals surface area contributed by atoms with E-state index in [0.717, 1.165) is 23.7 Å². The highest BCUT2D eigenvalue weighted by atomic mass is 35.5. The summed E-state index contributed by atoms with van der Waals surface area (Å²) in [5, 5.41) is 0. The molecule has 5 aliphatic rings. The molecule has 0 aromatic carbocycles. The van der Waals surface area contributed by atoms with E-state index in [9.17, 15) is 0 Å². The van der Waals surface area contributed by atoms with Crippen molar-refractivity contribution in [1.82, 2.24) is 0 Å². The van der Waals surface area contributed by atoms with Gasteiger partial charge in [-0.3, -0.25) is 0 Å². The van der Waals surface area contributed by atoms with Gasteiger partial charge in [0.15, 0.2) is 0 Å². The highest BCUT2D eigenvalue weighted by molar-refractivity contribution is 6.50. The molecular formula is C28H46Cl2O2. The van der Waals surface area contributed by atoms with Crippen LogP contribution in [0.25, 0.3) is 0 Å². The minimum Gasteiger partial charge on any atom is -0.381 e. The zero-order chi connectivity index (χ0) is 22.4. The van der Waals surface area contributed by atoms with Gasteiger partial charge in [-0.2, -0.15) is 0 Å². The minimum atomic E-state index is -0.489. The second kappa shape index (κ2) is 9.51. The third kappa shape index (κ3) is 4.10. The minimum absolute atomic E-state index is 0.208. The Morgan fingerprint density at radius 1 is 0.500 bits per heavy atom. The lowest BCUT2D eigenvalue weighted by molar-refractivity contribution is -0.123. The molecule has 0 aromatic rings. The zero-order valence-electron chi connectivity index (χ0n) is 20.6. The van der Waals surface area contributed by atoms with Crippen molar-refractivity contribution in [2.75, 3.05) is 14.2 Å². The SMILES string of the molecule is COC1CCC(C2CC[C@]3(CC2)C[C@@]2(CC[C@H](C4CCC(OC)CC4)CC2)C3(Cl)Cl)CC1. The van der Waals surface area contributed by atoms with Gasteiger partial charge in [0.05, 0.1) is 12.2 Å². The Labute approximate surface area is 206 Å². The molecule has 0 radical (unpaired) electrons. The van der Waals surface area contributed by atoms with Gasteiger partial charge in [-0.1, -0.05) is 0 Å². The molecule has 0 aliphatic heterocycles. The molecule has 0 saturated heterocycles. The third-order valence-electron chi connectivity index (χ3n) is 11.4. The fourth-order valence-corrected chi connectivity index (χ4v) is 10.2. The molecule has 5 aliphatic carbocycles. The summed E-state index contributed by atoms with van der Waals surface area (Å²) in [6.07, 6.45) is 23.3. The van der Waals surface area contributed by atoms with E-state index in [1.807, 2.05) is 14.2 Å². The number of halogens is 2. The third-order valence-corrected chi connectivity index (χ3v) is 13.0. The Morgan fingerprint density at radius 2 is 0.812 bits per heavy atom. The molecule has 4 heteroatoms. The topological polar surface area (TPSA) is 18.5 Å². The first kappa shape index (κ1) is 24.2. The van der Waals surface area contributed by atoms with Gasteiger partial charge in [-0.05, 0) is 133 Å². The van der Waals surface area contributed by atoms with E-state index in [1.54, 1.807) is 0 Å². The molecule has 32 heavy (non-hydrogen) atoms. The molecule has 0 atom stereocenters. The van der Waals surface area contributed by atoms with Crippen molar-refractivity contribution >= 4 is 23.2 Å². The fraction of sp³-hybridized carbons (Fsp3) is 1.00. The van der Waals surface area contributed by atoms with Gasteiger partial charge in [0.25, 0.3) is 0 Å². The lowest BCUT2D eigenvalue weighted by Gasteiger charge is -2.69. The molecule has 0 amide bonds. The molecule has 184 valence electrons. The van der Waals surface area contributed by atoms with E-state index >= 15 is 0 Å². The van der Waals surface area contributed by atoms with Crippen molar-refractivity contribution in [2.45, 2.75) is 126 Å². The van der Waals surface area contributed by atoms with E-state index in [-0.39, 0.29) is 10.8 Å². The summed E-state index contributed by atoms with van der Waals surface area (Å²) in [6, 6.07) is 0. The summed E-state index contributed by atoms with van der Waals surface area (Å²) in [5.41, 5.74) is 0.416. The molecule has 0 N–H and O–H groups in total. The number of rotatable bonds is 4. The van der Waals surface area contributed by atoms with Crippen LogP contribution >= 0.6 is 23.2 Å². The molecule has 0 unspecified atom stereocenters. The predicted molar refractivity (Wildman–Crippen MR) is 133 cm³/mol. The predicted octanol–water partition coefficient (Wildman–Crippen LogP) is 8.33. The first-order valence-electron chi connectivity index (χ1n) is 13.9. The summed E-state index contributed by atoms with van der Waals surface area (Å²) >= 11 is 14.7. The smallest absolute Gasteiger partial charge is 0.129 e. The average molecular weight is 486 g/mol. The molecule has 0 heterocycles. The summed E-state index contributed by atoms with van der Waals surface area (Å²) < 4.78 is 10.7. The van der Waals surface area contributed by atoms with Crippen LogP contribution < -0.4 is 0 Å². The Bertz CT molecular complexity index is 565. The van der Waals surface area contributed by atoms with E-state index in [1.165, 1.54) is 109 Å². The van der Waals surface area contributed by atoms with Crippen molar-refractivity contribution in [3.05, 3.63) is 0 Å². The standard InChI is InChI=1S/C28H46Cl2O2/c1-31-24-7-3-20(4-8-24)22-11-15-26(16-12-22)19-27(28(26,29)30)17-13-23(14-18-27)21-5-9-25(32-2)10-6-21/h20-25H,3-19H2,1-2H3/t20?,21?,22-,23?,24?,25?,26-,27-. The first-order valence-corrected chi connectivity index (χ1v) is 14.6. The van der Waals surface area contributed by atoms with E-state index < -0.39 is 4.33 Å². The van der Waals surface area contributed by atoms with Crippen LogP contribution in [0, 0.1) is 34.5 Å². The van der Waals surface area contributed by atoms with Gasteiger partial charge >= 0.3 is 0 Å². The maximum Gasteiger partial charge on any atom is 0.129 e. The average Bonchev–Trinajstić information content (AvgIpc) is 2.85. The number of hydrogen-bond donors (Lipinski definition) is 0. The number of alkyl halides is 2. The highest BCUT2D eigenvalue weighted by Crippen LogP contribution is 2.77. The maximum absolute atomic E-state index is 7.35. The molecule has 5 saturated carbocycles. The number of hydrogen-bond acceptors (Lipinski definition) is 2. The van der Waals surface area contributed by atoms with Crippen LogP contribution in [0.2, 0.25) is 0 Å². The quantitative estimate of drug-likeness (QED) is 0.373. The van der Waals surface area contributed by atoms with Gasteiger partial charge in [-0.25, -0.2) is 0 Å². The van der Waals surface area contributed by atoms with E-state index in [4.69, 9.17) is 32.7 Å². The largest absolute Gasteiger partial charge is 0.381 e. The maximum atomic E-state index is 7.35. The van der Waals surface area contributed by atoms with Gasteiger partial charge in [0.1, 0.15) is 4.33 Å². The Balaban J connectivity index is 1.12. The van der Waals surface area contributed by atoms with Gasteiger partial charge in [0, 0.05) is 25.0 Å². The normalized spacial score (nSPS) is 49.1. The van der Waals surface area contributed by atoms with Gasteiger partial charge < -0.3 is 9.47 Å². The lowest BCUT2D eigenvalue weighted by Crippen LogP contribution is -2.66. The summed E-state index contributed by atoms with van der Waals surface area (Å²) in [7, 11) is 3.75. The van der Waals surface area contributed by atoms with Gasteiger partial charge in [0.2, 0.25) is 0 Å². The van der Waals surface area contributed by atoms with Crippen LogP contribution in [0.4, 0.5) is 0 Å². The van der Waals surface area contributed by atoms with Crippen LogP contribution in [-0.2, 0) is 9.47 Å².